The molecule has 39 heavy (non-hydrogen) atoms. The van der Waals surface area contributed by atoms with Crippen molar-refractivity contribution in [2.45, 2.75) is 24.8 Å². The number of carbonyl (C=O) groups is 3. The molecule has 3 N–H and O–H groups in total. The second kappa shape index (κ2) is 13.3. The van der Waals surface area contributed by atoms with Crippen LogP contribution < -0.4 is 15.4 Å². The van der Waals surface area contributed by atoms with Gasteiger partial charge >= 0.3 is 0 Å². The summed E-state index contributed by atoms with van der Waals surface area (Å²) in [6.45, 7) is 0.519. The summed E-state index contributed by atoms with van der Waals surface area (Å²) >= 11 is 4.16. The van der Waals surface area contributed by atoms with Gasteiger partial charge in [0.1, 0.15) is 11.6 Å². The zero-order valence-corrected chi connectivity index (χ0v) is 22.6. The Hall–Kier alpha value is -3.77. The summed E-state index contributed by atoms with van der Waals surface area (Å²) in [7, 11) is -4.16. The third kappa shape index (κ3) is 8.11. The number of sulfonamides is 1. The first-order chi connectivity index (χ1) is 18.5. The number of amides is 3. The fourth-order valence-corrected chi connectivity index (χ4v) is 5.30. The normalized spacial score (nSPS) is 11.9. The van der Waals surface area contributed by atoms with Crippen molar-refractivity contribution in [3.8, 4) is 11.1 Å². The molecule has 1 atom stereocenters. The van der Waals surface area contributed by atoms with E-state index in [2.05, 4.69) is 23.3 Å². The van der Waals surface area contributed by atoms with Gasteiger partial charge in [-0.1, -0.05) is 48.5 Å². The molecule has 0 aliphatic carbocycles. The lowest BCUT2D eigenvalue weighted by molar-refractivity contribution is -0.128. The number of halogens is 2. The van der Waals surface area contributed by atoms with Gasteiger partial charge in [-0.2, -0.15) is 12.6 Å². The largest absolute Gasteiger partial charge is 0.350 e. The van der Waals surface area contributed by atoms with E-state index in [1.165, 1.54) is 36.4 Å². The highest BCUT2D eigenvalue weighted by molar-refractivity contribution is 7.90. The Morgan fingerprint density at radius 1 is 0.897 bits per heavy atom. The van der Waals surface area contributed by atoms with E-state index in [1.807, 2.05) is 4.72 Å². The van der Waals surface area contributed by atoms with Crippen LogP contribution in [-0.4, -0.2) is 38.4 Å². The zero-order valence-electron chi connectivity index (χ0n) is 20.9. The molecule has 3 amide bonds. The highest BCUT2D eigenvalue weighted by Crippen LogP contribution is 2.28. The molecular formula is C27H27F2N3O5S2. The molecule has 0 aromatic heterocycles. The van der Waals surface area contributed by atoms with E-state index >= 15 is 0 Å². The first kappa shape index (κ1) is 29.8. The molecular weight excluding hydrogens is 548 g/mol. The van der Waals surface area contributed by atoms with Crippen LogP contribution in [0.25, 0.3) is 11.1 Å². The van der Waals surface area contributed by atoms with Crippen molar-refractivity contribution in [3.05, 3.63) is 89.5 Å². The SMILES string of the molecule is CC(=O)NS(=O)(=O)c1ccccc1-c1ccc(CNC(=O)CNC(=O)[C@@H](CS)Cc2ccccc2F)c(F)c1. The van der Waals surface area contributed by atoms with E-state index in [1.54, 1.807) is 24.3 Å². The molecule has 12 heteroatoms. The summed E-state index contributed by atoms with van der Waals surface area (Å²) in [4.78, 5) is 35.8. The van der Waals surface area contributed by atoms with Gasteiger partial charge in [0.05, 0.1) is 17.4 Å². The Bertz CT molecular complexity index is 1480. The molecule has 0 saturated carbocycles. The van der Waals surface area contributed by atoms with E-state index < -0.39 is 45.3 Å². The van der Waals surface area contributed by atoms with E-state index in [0.29, 0.717) is 5.56 Å². The smallest absolute Gasteiger partial charge is 0.264 e. The second-order valence-electron chi connectivity index (χ2n) is 8.63. The molecule has 3 aromatic carbocycles. The molecule has 0 aliphatic heterocycles. The maximum Gasteiger partial charge on any atom is 0.264 e. The van der Waals surface area contributed by atoms with Crippen LogP contribution >= 0.6 is 12.6 Å². The molecule has 0 spiro atoms. The molecule has 0 bridgehead atoms. The molecule has 0 heterocycles. The monoisotopic (exact) mass is 575 g/mol. The summed E-state index contributed by atoms with van der Waals surface area (Å²) in [6, 6.07) is 16.0. The van der Waals surface area contributed by atoms with Gasteiger partial charge in [0.15, 0.2) is 0 Å². The van der Waals surface area contributed by atoms with Crippen molar-refractivity contribution < 1.29 is 31.6 Å². The number of rotatable bonds is 11. The Morgan fingerprint density at radius 3 is 2.26 bits per heavy atom. The molecule has 206 valence electrons. The van der Waals surface area contributed by atoms with Crippen LogP contribution in [0.4, 0.5) is 8.78 Å². The van der Waals surface area contributed by atoms with Crippen LogP contribution in [0.2, 0.25) is 0 Å². The molecule has 0 aliphatic rings. The fourth-order valence-electron chi connectivity index (χ4n) is 3.78. The van der Waals surface area contributed by atoms with Gasteiger partial charge in [-0.3, -0.25) is 14.4 Å². The number of thiol groups is 1. The van der Waals surface area contributed by atoms with Crippen molar-refractivity contribution in [1.82, 2.24) is 15.4 Å². The van der Waals surface area contributed by atoms with Gasteiger partial charge in [-0.25, -0.2) is 21.9 Å². The molecule has 0 fully saturated rings. The quantitative estimate of drug-likeness (QED) is 0.262. The number of carbonyl (C=O) groups excluding carboxylic acids is 3. The lowest BCUT2D eigenvalue weighted by Crippen LogP contribution is -2.40. The number of benzene rings is 3. The third-order valence-corrected chi connectivity index (χ3v) is 7.67. The van der Waals surface area contributed by atoms with E-state index in [-0.39, 0.29) is 46.8 Å². The van der Waals surface area contributed by atoms with Gasteiger partial charge in [0.25, 0.3) is 10.0 Å². The van der Waals surface area contributed by atoms with Crippen LogP contribution in [0.5, 0.6) is 0 Å². The van der Waals surface area contributed by atoms with Crippen LogP contribution in [0.3, 0.4) is 0 Å². The highest BCUT2D eigenvalue weighted by Gasteiger charge is 2.22. The van der Waals surface area contributed by atoms with E-state index in [9.17, 15) is 31.6 Å². The maximum atomic E-state index is 14.9. The van der Waals surface area contributed by atoms with Crippen molar-refractivity contribution in [2.24, 2.45) is 5.92 Å². The molecule has 3 aromatic rings. The fraction of sp³-hybridized carbons (Fsp3) is 0.222. The van der Waals surface area contributed by atoms with Crippen LogP contribution in [0.15, 0.2) is 71.6 Å². The summed E-state index contributed by atoms with van der Waals surface area (Å²) in [5, 5.41) is 5.00. The summed E-state index contributed by atoms with van der Waals surface area (Å²) < 4.78 is 55.7. The summed E-state index contributed by atoms with van der Waals surface area (Å²) in [6.07, 6.45) is 0.121. The predicted octanol–water partition coefficient (Wildman–Crippen LogP) is 2.98. The zero-order chi connectivity index (χ0) is 28.6. The average molecular weight is 576 g/mol. The minimum absolute atomic E-state index is 0.121. The minimum Gasteiger partial charge on any atom is -0.350 e. The van der Waals surface area contributed by atoms with E-state index in [0.717, 1.165) is 13.0 Å². The summed E-state index contributed by atoms with van der Waals surface area (Å²) in [5.74, 6) is -3.42. The standard InChI is InChI=1S/C27H27F2N3O5S2/c1-17(33)32-39(36,37)25-9-5-3-7-22(25)18-10-11-20(24(29)13-18)14-30-26(34)15-31-27(35)21(16-38)12-19-6-2-4-8-23(19)28/h2-11,13,21,38H,12,14-16H2,1H3,(H,30,34)(H,31,35)(H,32,33)/t21-/m1/s1. The van der Waals surface area contributed by atoms with Gasteiger partial charge in [0.2, 0.25) is 17.7 Å². The Morgan fingerprint density at radius 2 is 1.59 bits per heavy atom. The number of nitrogens with one attached hydrogen (secondary N) is 3. The molecule has 8 nitrogen and oxygen atoms in total. The Labute approximate surface area is 230 Å². The van der Waals surface area contributed by atoms with Crippen molar-refractivity contribution in [2.75, 3.05) is 12.3 Å². The average Bonchev–Trinajstić information content (AvgIpc) is 2.90. The van der Waals surface area contributed by atoms with E-state index in [4.69, 9.17) is 0 Å². The van der Waals surface area contributed by atoms with Crippen LogP contribution in [-0.2, 0) is 37.4 Å². The minimum atomic E-state index is -4.16. The first-order valence-electron chi connectivity index (χ1n) is 11.8. The Balaban J connectivity index is 1.60. The van der Waals surface area contributed by atoms with Gasteiger partial charge in [0, 0.05) is 30.3 Å². The molecule has 0 saturated heterocycles. The van der Waals surface area contributed by atoms with Gasteiger partial charge < -0.3 is 10.6 Å². The second-order valence-corrected chi connectivity index (χ2v) is 10.6. The number of hydrogen-bond acceptors (Lipinski definition) is 6. The van der Waals surface area contributed by atoms with Crippen LogP contribution in [0.1, 0.15) is 18.1 Å². The maximum absolute atomic E-state index is 14.9. The molecule has 3 rings (SSSR count). The topological polar surface area (TPSA) is 121 Å². The summed E-state index contributed by atoms with van der Waals surface area (Å²) in [5.41, 5.74) is 0.948. The third-order valence-electron chi connectivity index (χ3n) is 5.73. The Kier molecular flexibility index (Phi) is 10.2. The lowest BCUT2D eigenvalue weighted by Gasteiger charge is -2.15. The lowest BCUT2D eigenvalue weighted by atomic mass is 10.00. The first-order valence-corrected chi connectivity index (χ1v) is 13.9. The predicted molar refractivity (Wildman–Crippen MR) is 145 cm³/mol. The highest BCUT2D eigenvalue weighted by atomic mass is 32.2. The van der Waals surface area contributed by atoms with Crippen molar-refractivity contribution >= 4 is 40.4 Å². The van der Waals surface area contributed by atoms with Gasteiger partial charge in [-0.05, 0) is 35.7 Å². The van der Waals surface area contributed by atoms with Gasteiger partial charge in [-0.15, -0.1) is 0 Å². The van der Waals surface area contributed by atoms with Crippen LogP contribution in [0, 0.1) is 17.6 Å². The number of hydrogen-bond donors (Lipinski definition) is 4. The molecule has 0 unspecified atom stereocenters. The van der Waals surface area contributed by atoms with Crippen molar-refractivity contribution in [1.29, 1.82) is 0 Å². The van der Waals surface area contributed by atoms with Crippen molar-refractivity contribution in [3.63, 3.8) is 0 Å². The molecule has 0 radical (unpaired) electrons.